The fraction of sp³-hybridized carbons (Fsp3) is 0.294. The van der Waals surface area contributed by atoms with Crippen molar-refractivity contribution in [1.29, 1.82) is 0 Å². The van der Waals surface area contributed by atoms with E-state index in [9.17, 15) is 8.42 Å². The van der Waals surface area contributed by atoms with Gasteiger partial charge in [0, 0.05) is 16.5 Å². The Bertz CT molecular complexity index is 983. The van der Waals surface area contributed by atoms with Crippen LogP contribution >= 0.6 is 11.3 Å². The van der Waals surface area contributed by atoms with E-state index in [1.807, 2.05) is 39.8 Å². The lowest BCUT2D eigenvalue weighted by Crippen LogP contribution is -2.41. The summed E-state index contributed by atoms with van der Waals surface area (Å²) >= 11 is 1.51. The van der Waals surface area contributed by atoms with Gasteiger partial charge < -0.3 is 0 Å². The summed E-state index contributed by atoms with van der Waals surface area (Å²) in [6.07, 6.45) is 1.60. The van der Waals surface area contributed by atoms with Gasteiger partial charge in [-0.25, -0.2) is 13.4 Å². The monoisotopic (exact) mass is 361 g/mol. The van der Waals surface area contributed by atoms with E-state index in [1.54, 1.807) is 24.4 Å². The van der Waals surface area contributed by atoms with Crippen molar-refractivity contribution in [3.05, 3.63) is 52.1 Å². The number of sulfonamides is 1. The highest BCUT2D eigenvalue weighted by atomic mass is 32.2. The van der Waals surface area contributed by atoms with Crippen LogP contribution in [0.1, 0.15) is 29.4 Å². The van der Waals surface area contributed by atoms with Gasteiger partial charge in [-0.2, -0.15) is 4.72 Å². The molecule has 0 amide bonds. The number of para-hydroxylation sites is 1. The van der Waals surface area contributed by atoms with Crippen molar-refractivity contribution in [2.45, 2.75) is 38.1 Å². The molecule has 0 aliphatic rings. The first kappa shape index (κ1) is 17.0. The molecular formula is C17H19N3O2S2. The molecule has 0 radical (unpaired) electrons. The van der Waals surface area contributed by atoms with E-state index < -0.39 is 15.6 Å². The quantitative estimate of drug-likeness (QED) is 0.772. The minimum Gasteiger partial charge on any atom is -0.255 e. The molecule has 24 heavy (non-hydrogen) atoms. The van der Waals surface area contributed by atoms with Gasteiger partial charge in [-0.05, 0) is 39.8 Å². The minimum absolute atomic E-state index is 0.179. The van der Waals surface area contributed by atoms with Crippen molar-refractivity contribution in [1.82, 2.24) is 14.7 Å². The molecule has 0 spiro atoms. The number of rotatable bonds is 4. The summed E-state index contributed by atoms with van der Waals surface area (Å²) in [5, 5.41) is 1.54. The van der Waals surface area contributed by atoms with E-state index in [0.717, 1.165) is 21.0 Å². The van der Waals surface area contributed by atoms with Gasteiger partial charge in [0.25, 0.3) is 0 Å². The lowest BCUT2D eigenvalue weighted by Gasteiger charge is -2.24. The number of hydrogen-bond acceptors (Lipinski definition) is 5. The maximum absolute atomic E-state index is 13.0. The largest absolute Gasteiger partial charge is 0.255 e. The zero-order valence-corrected chi connectivity index (χ0v) is 15.6. The second-order valence-corrected chi connectivity index (χ2v) is 9.08. The molecule has 7 heteroatoms. The Balaban J connectivity index is 2.04. The molecule has 0 saturated carbocycles. The molecule has 0 bridgehead atoms. The highest BCUT2D eigenvalue weighted by molar-refractivity contribution is 7.89. The zero-order chi connectivity index (χ0) is 17.5. The van der Waals surface area contributed by atoms with E-state index in [1.165, 1.54) is 11.3 Å². The maximum Gasteiger partial charge on any atom is 0.243 e. The summed E-state index contributed by atoms with van der Waals surface area (Å²) in [6.45, 7) is 7.55. The smallest absolute Gasteiger partial charge is 0.243 e. The number of benzene rings is 1. The summed E-state index contributed by atoms with van der Waals surface area (Å²) in [5.41, 5.74) is 0.586. The predicted molar refractivity (Wildman–Crippen MR) is 96.7 cm³/mol. The molecule has 0 aliphatic carbocycles. The summed E-state index contributed by atoms with van der Waals surface area (Å²) in [4.78, 5) is 10.0. The van der Waals surface area contributed by atoms with Crippen LogP contribution in [0.2, 0.25) is 0 Å². The number of nitrogens with zero attached hydrogens (tertiary/aromatic N) is 2. The Kier molecular flexibility index (Phi) is 4.19. The van der Waals surface area contributed by atoms with Crippen LogP contribution < -0.4 is 4.72 Å². The first-order valence-corrected chi connectivity index (χ1v) is 9.83. The van der Waals surface area contributed by atoms with Gasteiger partial charge in [-0.15, -0.1) is 11.3 Å². The van der Waals surface area contributed by atoms with Crippen LogP contribution in [0.5, 0.6) is 0 Å². The van der Waals surface area contributed by atoms with Crippen LogP contribution in [-0.2, 0) is 15.6 Å². The van der Waals surface area contributed by atoms with E-state index in [4.69, 9.17) is 0 Å². The molecule has 0 aliphatic heterocycles. The first-order valence-electron chi connectivity index (χ1n) is 7.53. The molecule has 3 rings (SSSR count). The van der Waals surface area contributed by atoms with Crippen LogP contribution in [0.25, 0.3) is 10.9 Å². The summed E-state index contributed by atoms with van der Waals surface area (Å²) in [7, 11) is -3.74. The van der Waals surface area contributed by atoms with Crippen molar-refractivity contribution < 1.29 is 8.42 Å². The summed E-state index contributed by atoms with van der Waals surface area (Å²) in [5.74, 6) is 0. The van der Waals surface area contributed by atoms with Crippen molar-refractivity contribution in [2.24, 2.45) is 0 Å². The molecule has 0 saturated heterocycles. The van der Waals surface area contributed by atoms with Crippen molar-refractivity contribution in [2.75, 3.05) is 0 Å². The number of fused-ring (bicyclic) bond motifs is 1. The van der Waals surface area contributed by atoms with Crippen molar-refractivity contribution in [3.63, 3.8) is 0 Å². The second kappa shape index (κ2) is 5.91. The fourth-order valence-corrected chi connectivity index (χ4v) is 5.07. The zero-order valence-electron chi connectivity index (χ0n) is 14.0. The summed E-state index contributed by atoms with van der Waals surface area (Å²) in [6, 6.07) is 8.78. The number of hydrogen-bond donors (Lipinski definition) is 1. The maximum atomic E-state index is 13.0. The van der Waals surface area contributed by atoms with E-state index in [2.05, 4.69) is 14.7 Å². The highest BCUT2D eigenvalue weighted by Gasteiger charge is 2.32. The van der Waals surface area contributed by atoms with Gasteiger partial charge in [0.15, 0.2) is 0 Å². The molecule has 2 heterocycles. The predicted octanol–water partition coefficient (Wildman–Crippen LogP) is 3.52. The van der Waals surface area contributed by atoms with Crippen LogP contribution in [-0.4, -0.2) is 18.4 Å². The standard InChI is InChI=1S/C17H19N3O2S2/c1-11-12(2)23-16(19-11)17(3,4)20-24(21,22)14-9-5-7-13-8-6-10-18-15(13)14/h5-10,20H,1-4H3. The number of aromatic nitrogens is 2. The van der Waals surface area contributed by atoms with Gasteiger partial charge in [0.1, 0.15) is 9.90 Å². The third-order valence-electron chi connectivity index (χ3n) is 3.84. The molecule has 0 unspecified atom stereocenters. The van der Waals surface area contributed by atoms with Gasteiger partial charge in [0.05, 0.1) is 16.7 Å². The molecule has 2 aromatic heterocycles. The van der Waals surface area contributed by atoms with Crippen LogP contribution in [0.15, 0.2) is 41.4 Å². The summed E-state index contributed by atoms with van der Waals surface area (Å²) < 4.78 is 28.7. The highest BCUT2D eigenvalue weighted by Crippen LogP contribution is 2.30. The topological polar surface area (TPSA) is 72.0 Å². The Hall–Kier alpha value is -1.83. The third-order valence-corrected chi connectivity index (χ3v) is 6.92. The molecule has 0 fully saturated rings. The molecule has 5 nitrogen and oxygen atoms in total. The van der Waals surface area contributed by atoms with Crippen molar-refractivity contribution in [3.8, 4) is 0 Å². The first-order chi connectivity index (χ1) is 11.2. The fourth-order valence-electron chi connectivity index (χ4n) is 2.47. The van der Waals surface area contributed by atoms with E-state index >= 15 is 0 Å². The number of thiazole rings is 1. The van der Waals surface area contributed by atoms with Gasteiger partial charge in [0.2, 0.25) is 10.0 Å². The van der Waals surface area contributed by atoms with Gasteiger partial charge in [-0.1, -0.05) is 18.2 Å². The van der Waals surface area contributed by atoms with Crippen LogP contribution in [0.4, 0.5) is 0 Å². The molecule has 3 aromatic rings. The molecule has 126 valence electrons. The third kappa shape index (κ3) is 3.07. The molecule has 0 atom stereocenters. The number of pyridine rings is 1. The average molecular weight is 361 g/mol. The minimum atomic E-state index is -3.74. The lowest BCUT2D eigenvalue weighted by molar-refractivity contribution is 0.469. The molecule has 1 N–H and O–H groups in total. The SMILES string of the molecule is Cc1nc(C(C)(C)NS(=O)(=O)c2cccc3cccnc23)sc1C. The van der Waals surface area contributed by atoms with E-state index in [0.29, 0.717) is 5.52 Å². The number of aryl methyl sites for hydroxylation is 2. The molecule has 1 aromatic carbocycles. The Morgan fingerprint density at radius 2 is 1.83 bits per heavy atom. The van der Waals surface area contributed by atoms with Gasteiger partial charge in [-0.3, -0.25) is 4.98 Å². The van der Waals surface area contributed by atoms with Gasteiger partial charge >= 0.3 is 0 Å². The van der Waals surface area contributed by atoms with E-state index in [-0.39, 0.29) is 4.90 Å². The van der Waals surface area contributed by atoms with Crippen LogP contribution in [0, 0.1) is 13.8 Å². The van der Waals surface area contributed by atoms with Crippen LogP contribution in [0.3, 0.4) is 0 Å². The van der Waals surface area contributed by atoms with Crippen molar-refractivity contribution >= 4 is 32.3 Å². The lowest BCUT2D eigenvalue weighted by atomic mass is 10.1. The Morgan fingerprint density at radius 1 is 1.12 bits per heavy atom. The number of nitrogens with one attached hydrogen (secondary N) is 1. The Morgan fingerprint density at radius 3 is 2.50 bits per heavy atom. The second-order valence-electron chi connectivity index (χ2n) is 6.22. The molecular weight excluding hydrogens is 342 g/mol. The average Bonchev–Trinajstić information content (AvgIpc) is 2.86. The normalized spacial score (nSPS) is 12.7. The Labute approximate surface area is 145 Å².